The zero-order valence-corrected chi connectivity index (χ0v) is 10.9. The number of rotatable bonds is 1. The number of halogens is 2. The first kappa shape index (κ1) is 12.5. The van der Waals surface area contributed by atoms with E-state index >= 15 is 0 Å². The molecule has 0 saturated carbocycles. The normalized spacial score (nSPS) is 9.83. The van der Waals surface area contributed by atoms with Gasteiger partial charge in [0.25, 0.3) is 0 Å². The standard InChI is InChI=1S/C13H7Cl2N3/c1-8-2-4-9(5-3-8)18-12(14)10(6-16)11(7-17)13(18)15/h2-5H,1H3. The van der Waals surface area contributed by atoms with Crippen LogP contribution >= 0.6 is 23.2 Å². The maximum absolute atomic E-state index is 9.00. The molecule has 0 unspecified atom stereocenters. The summed E-state index contributed by atoms with van der Waals surface area (Å²) in [7, 11) is 0. The van der Waals surface area contributed by atoms with E-state index < -0.39 is 0 Å². The summed E-state index contributed by atoms with van der Waals surface area (Å²) in [6, 6.07) is 11.3. The summed E-state index contributed by atoms with van der Waals surface area (Å²) in [5, 5.41) is 18.3. The number of nitrogens with zero attached hydrogens (tertiary/aromatic N) is 3. The molecule has 88 valence electrons. The van der Waals surface area contributed by atoms with Crippen molar-refractivity contribution in [2.45, 2.75) is 6.92 Å². The fraction of sp³-hybridized carbons (Fsp3) is 0.0769. The van der Waals surface area contributed by atoms with Crippen molar-refractivity contribution in [3.8, 4) is 17.8 Å². The minimum absolute atomic E-state index is 0.102. The van der Waals surface area contributed by atoms with Gasteiger partial charge < -0.3 is 0 Å². The van der Waals surface area contributed by atoms with Crippen molar-refractivity contribution >= 4 is 23.2 Å². The van der Waals surface area contributed by atoms with E-state index in [9.17, 15) is 0 Å². The largest absolute Gasteiger partial charge is 0.289 e. The van der Waals surface area contributed by atoms with Crippen LogP contribution in [0.3, 0.4) is 0 Å². The molecule has 0 aliphatic heterocycles. The fourth-order valence-electron chi connectivity index (χ4n) is 1.64. The summed E-state index contributed by atoms with van der Waals surface area (Å²) in [5.41, 5.74) is 2.02. The quantitative estimate of drug-likeness (QED) is 0.794. The Hall–Kier alpha value is -1.94. The summed E-state index contributed by atoms with van der Waals surface area (Å²) < 4.78 is 1.49. The van der Waals surface area contributed by atoms with E-state index in [4.69, 9.17) is 33.7 Å². The summed E-state index contributed by atoms with van der Waals surface area (Å²) in [4.78, 5) is 0. The van der Waals surface area contributed by atoms with Gasteiger partial charge in [0.05, 0.1) is 0 Å². The maximum atomic E-state index is 9.00. The SMILES string of the molecule is Cc1ccc(-n2c(Cl)c(C#N)c(C#N)c2Cl)cc1. The molecule has 1 aromatic carbocycles. The van der Waals surface area contributed by atoms with Gasteiger partial charge in [-0.1, -0.05) is 40.9 Å². The van der Waals surface area contributed by atoms with Crippen LogP contribution in [-0.2, 0) is 0 Å². The minimum Gasteiger partial charge on any atom is -0.289 e. The molecule has 0 aliphatic rings. The summed E-state index contributed by atoms with van der Waals surface area (Å²) in [6.45, 7) is 1.96. The fourth-order valence-corrected chi connectivity index (χ4v) is 2.32. The van der Waals surface area contributed by atoms with Crippen molar-refractivity contribution in [2.24, 2.45) is 0 Å². The maximum Gasteiger partial charge on any atom is 0.134 e. The van der Waals surface area contributed by atoms with Crippen molar-refractivity contribution < 1.29 is 0 Å². The highest BCUT2D eigenvalue weighted by atomic mass is 35.5. The van der Waals surface area contributed by atoms with Crippen LogP contribution in [0.5, 0.6) is 0 Å². The van der Waals surface area contributed by atoms with Crippen LogP contribution in [-0.4, -0.2) is 4.57 Å². The topological polar surface area (TPSA) is 52.5 Å². The second-order valence-electron chi connectivity index (χ2n) is 3.73. The minimum atomic E-state index is 0.102. The third-order valence-corrected chi connectivity index (χ3v) is 3.29. The molecule has 0 bridgehead atoms. The molecule has 0 radical (unpaired) electrons. The molecular formula is C13H7Cl2N3. The van der Waals surface area contributed by atoms with E-state index in [0.717, 1.165) is 5.56 Å². The van der Waals surface area contributed by atoms with E-state index in [1.165, 1.54) is 4.57 Å². The lowest BCUT2D eigenvalue weighted by Gasteiger charge is -2.06. The van der Waals surface area contributed by atoms with E-state index in [1.54, 1.807) is 0 Å². The van der Waals surface area contributed by atoms with Crippen molar-refractivity contribution in [1.29, 1.82) is 10.5 Å². The second-order valence-corrected chi connectivity index (χ2v) is 4.44. The third kappa shape index (κ3) is 1.84. The molecule has 0 spiro atoms. The molecule has 5 heteroatoms. The van der Waals surface area contributed by atoms with Gasteiger partial charge in [-0.3, -0.25) is 4.57 Å². The first-order valence-corrected chi connectivity index (χ1v) is 5.82. The van der Waals surface area contributed by atoms with Crippen LogP contribution < -0.4 is 0 Å². The molecule has 0 atom stereocenters. The highest BCUT2D eigenvalue weighted by Crippen LogP contribution is 2.33. The smallest absolute Gasteiger partial charge is 0.134 e. The molecule has 0 amide bonds. The summed E-state index contributed by atoms with van der Waals surface area (Å²) in [6.07, 6.45) is 0. The van der Waals surface area contributed by atoms with Crippen molar-refractivity contribution in [1.82, 2.24) is 4.57 Å². The molecule has 2 rings (SSSR count). The van der Waals surface area contributed by atoms with Crippen LogP contribution in [0.1, 0.15) is 16.7 Å². The average Bonchev–Trinajstić information content (AvgIpc) is 2.61. The van der Waals surface area contributed by atoms with E-state index in [2.05, 4.69) is 0 Å². The highest BCUT2D eigenvalue weighted by Gasteiger charge is 2.21. The second kappa shape index (κ2) is 4.74. The van der Waals surface area contributed by atoms with Gasteiger partial charge in [0.15, 0.2) is 0 Å². The molecule has 1 aromatic heterocycles. The Morgan fingerprint density at radius 2 is 1.39 bits per heavy atom. The Balaban J connectivity index is 2.74. The van der Waals surface area contributed by atoms with Gasteiger partial charge in [-0.2, -0.15) is 10.5 Å². The van der Waals surface area contributed by atoms with Crippen molar-refractivity contribution in [2.75, 3.05) is 0 Å². The Morgan fingerprint density at radius 3 is 1.78 bits per heavy atom. The van der Waals surface area contributed by atoms with Crippen molar-refractivity contribution in [3.05, 3.63) is 51.3 Å². The Morgan fingerprint density at radius 1 is 0.944 bits per heavy atom. The summed E-state index contributed by atoms with van der Waals surface area (Å²) in [5.74, 6) is 0. The molecule has 2 aromatic rings. The van der Waals surface area contributed by atoms with Crippen LogP contribution in [0.25, 0.3) is 5.69 Å². The number of aryl methyl sites for hydroxylation is 1. The summed E-state index contributed by atoms with van der Waals surface area (Å²) >= 11 is 12.2. The number of nitriles is 2. The first-order chi connectivity index (χ1) is 8.60. The molecular weight excluding hydrogens is 269 g/mol. The zero-order valence-electron chi connectivity index (χ0n) is 9.41. The predicted molar refractivity (Wildman–Crippen MR) is 70.0 cm³/mol. The number of hydrogen-bond donors (Lipinski definition) is 0. The lowest BCUT2D eigenvalue weighted by molar-refractivity contribution is 1.08. The lowest BCUT2D eigenvalue weighted by Crippen LogP contribution is -1.94. The van der Waals surface area contributed by atoms with Gasteiger partial charge in [0.1, 0.15) is 33.6 Å². The van der Waals surface area contributed by atoms with Crippen molar-refractivity contribution in [3.63, 3.8) is 0 Å². The first-order valence-electron chi connectivity index (χ1n) is 5.07. The molecule has 1 heterocycles. The van der Waals surface area contributed by atoms with E-state index in [1.807, 2.05) is 43.3 Å². The van der Waals surface area contributed by atoms with Gasteiger partial charge >= 0.3 is 0 Å². The van der Waals surface area contributed by atoms with Gasteiger partial charge in [-0.15, -0.1) is 0 Å². The third-order valence-electron chi connectivity index (χ3n) is 2.57. The Labute approximate surface area is 114 Å². The lowest BCUT2D eigenvalue weighted by atomic mass is 10.2. The Kier molecular flexibility index (Phi) is 3.30. The van der Waals surface area contributed by atoms with Crippen LogP contribution in [0.4, 0.5) is 0 Å². The molecule has 0 aliphatic carbocycles. The number of hydrogen-bond acceptors (Lipinski definition) is 2. The predicted octanol–water partition coefficient (Wildman–Crippen LogP) is 3.84. The highest BCUT2D eigenvalue weighted by molar-refractivity contribution is 6.36. The average molecular weight is 276 g/mol. The monoisotopic (exact) mass is 275 g/mol. The molecule has 18 heavy (non-hydrogen) atoms. The molecule has 3 nitrogen and oxygen atoms in total. The van der Waals surface area contributed by atoms with Gasteiger partial charge in [0, 0.05) is 5.69 Å². The number of benzene rings is 1. The van der Waals surface area contributed by atoms with Crippen LogP contribution in [0, 0.1) is 29.6 Å². The van der Waals surface area contributed by atoms with E-state index in [-0.39, 0.29) is 21.4 Å². The van der Waals surface area contributed by atoms with Crippen LogP contribution in [0.2, 0.25) is 10.3 Å². The Bertz CT molecular complexity index is 647. The van der Waals surface area contributed by atoms with Gasteiger partial charge in [-0.25, -0.2) is 0 Å². The van der Waals surface area contributed by atoms with Gasteiger partial charge in [0.2, 0.25) is 0 Å². The van der Waals surface area contributed by atoms with Gasteiger partial charge in [-0.05, 0) is 19.1 Å². The molecule has 0 N–H and O–H groups in total. The van der Waals surface area contributed by atoms with Crippen LogP contribution in [0.15, 0.2) is 24.3 Å². The van der Waals surface area contributed by atoms with E-state index in [0.29, 0.717) is 5.69 Å². The zero-order chi connectivity index (χ0) is 13.3. The molecule has 0 saturated heterocycles. The number of aromatic nitrogens is 1. The molecule has 0 fully saturated rings.